The van der Waals surface area contributed by atoms with E-state index in [2.05, 4.69) is 10.0 Å². The molecule has 2 saturated carbocycles. The van der Waals surface area contributed by atoms with Gasteiger partial charge in [-0.05, 0) is 57.1 Å². The summed E-state index contributed by atoms with van der Waals surface area (Å²) in [7, 11) is -2.31. The molecule has 308 valence electrons. The van der Waals surface area contributed by atoms with Crippen molar-refractivity contribution >= 4 is 44.6 Å². The summed E-state index contributed by atoms with van der Waals surface area (Å²) in [4.78, 5) is 65.0. The summed E-state index contributed by atoms with van der Waals surface area (Å²) in [5, 5.41) is 3.04. The van der Waals surface area contributed by atoms with Crippen LogP contribution in [-0.2, 0) is 29.2 Å². The fourth-order valence-electron chi connectivity index (χ4n) is 8.67. The number of carbonyl (C=O) groups excluding carboxylic acids is 4. The van der Waals surface area contributed by atoms with Gasteiger partial charge in [0.1, 0.15) is 29.2 Å². The van der Waals surface area contributed by atoms with Crippen LogP contribution in [0.5, 0.6) is 11.5 Å². The van der Waals surface area contributed by atoms with Crippen LogP contribution in [0.4, 0.5) is 0 Å². The number of nitrogens with one attached hydrogen (secondary N) is 2. The quantitative estimate of drug-likeness (QED) is 0.268. The number of benzene rings is 2. The Morgan fingerprint density at radius 3 is 2.57 bits per heavy atom. The van der Waals surface area contributed by atoms with Crippen molar-refractivity contribution in [3.05, 3.63) is 66.7 Å². The molecule has 2 aromatic carbocycles. The zero-order valence-electron chi connectivity index (χ0n) is 32.8. The van der Waals surface area contributed by atoms with Crippen molar-refractivity contribution in [3.63, 3.8) is 0 Å². The lowest BCUT2D eigenvalue weighted by Crippen LogP contribution is -2.57. The van der Waals surface area contributed by atoms with Crippen molar-refractivity contribution in [3.8, 4) is 22.8 Å². The molecule has 4 amide bonds. The van der Waals surface area contributed by atoms with Gasteiger partial charge >= 0.3 is 0 Å². The molecule has 4 N–H and O–H groups in total. The monoisotopic (exact) mass is 812 g/mol. The summed E-state index contributed by atoms with van der Waals surface area (Å²) in [6, 6.07) is 15.9. The average molecular weight is 813 g/mol. The van der Waals surface area contributed by atoms with Gasteiger partial charge in [-0.2, -0.15) is 0 Å². The SMILES string of the molecule is COc1ccc2c(O[C@@H]3C[C@H]4C(=O)N[C@]5(C(=O)NS(=O)(=O)C6CC6)CC5/C=C\CCCCC[C@H](CC(=O)N5CC[C@H](N)C5)C(=O)N4C3)cc(-c3ccccc3)nc2c1. The maximum atomic E-state index is 14.8. The van der Waals surface area contributed by atoms with Gasteiger partial charge in [0.15, 0.2) is 0 Å². The first-order valence-electron chi connectivity index (χ1n) is 20.5. The highest BCUT2D eigenvalue weighted by atomic mass is 32.2. The van der Waals surface area contributed by atoms with E-state index in [1.165, 1.54) is 4.90 Å². The number of fused-ring (bicyclic) bond motifs is 3. The number of rotatable bonds is 9. The Kier molecular flexibility index (Phi) is 11.2. The zero-order valence-corrected chi connectivity index (χ0v) is 33.6. The van der Waals surface area contributed by atoms with E-state index in [1.807, 2.05) is 66.7 Å². The third kappa shape index (κ3) is 8.42. The number of aromatic nitrogens is 1. The number of nitrogens with two attached hydrogens (primary N) is 1. The number of sulfonamides is 1. The molecule has 3 aromatic rings. The van der Waals surface area contributed by atoms with Gasteiger partial charge in [-0.25, -0.2) is 13.4 Å². The molecule has 0 spiro atoms. The first kappa shape index (κ1) is 39.8. The summed E-state index contributed by atoms with van der Waals surface area (Å²) >= 11 is 0. The molecule has 0 radical (unpaired) electrons. The standard InChI is InChI=1S/C43H52N6O8S/c1-56-31-14-17-34-36(21-31)45-35(27-10-7-5-8-11-27)23-38(34)57-32-22-37-40(51)46-43(42(53)47-58(54,55)33-15-16-33)24-29(43)13-9-4-2-3-6-12-28(41(52)49(37)26-32)20-39(50)48-19-18-30(44)25-48/h5,7-11,13-14,17,21,23,28-30,32-33,37H,2-4,6,12,15-16,18-20,22,24-26,44H2,1H3,(H,46,51)(H,47,53)/b13-9-/t28-,29?,30+,32-,37+,43-/m1/s1. The molecule has 1 unspecified atom stereocenters. The van der Waals surface area contributed by atoms with Crippen molar-refractivity contribution in [2.24, 2.45) is 17.6 Å². The van der Waals surface area contributed by atoms with Crippen LogP contribution in [-0.4, -0.2) is 103 Å². The van der Waals surface area contributed by atoms with Gasteiger partial charge in [0.25, 0.3) is 5.91 Å². The van der Waals surface area contributed by atoms with Crippen LogP contribution in [0.3, 0.4) is 0 Å². The van der Waals surface area contributed by atoms with Gasteiger partial charge in [-0.3, -0.25) is 23.9 Å². The van der Waals surface area contributed by atoms with E-state index >= 15 is 0 Å². The second kappa shape index (κ2) is 16.3. The molecule has 4 fully saturated rings. The van der Waals surface area contributed by atoms with E-state index in [1.54, 1.807) is 12.0 Å². The fourth-order valence-corrected chi connectivity index (χ4v) is 10.0. The topological polar surface area (TPSA) is 190 Å². The molecule has 1 aromatic heterocycles. The number of methoxy groups -OCH3 is 1. The predicted molar refractivity (Wildman–Crippen MR) is 217 cm³/mol. The average Bonchev–Trinajstić information content (AvgIpc) is 4.11. The summed E-state index contributed by atoms with van der Waals surface area (Å²) in [5.41, 5.74) is 6.82. The van der Waals surface area contributed by atoms with Gasteiger partial charge in [0.2, 0.25) is 27.7 Å². The lowest BCUT2D eigenvalue weighted by molar-refractivity contribution is -0.145. The molecule has 8 rings (SSSR count). The molecule has 6 atom stereocenters. The lowest BCUT2D eigenvalue weighted by Gasteiger charge is -2.30. The molecule has 15 heteroatoms. The number of likely N-dealkylation sites (tertiary alicyclic amines) is 1. The Labute approximate surface area is 338 Å². The van der Waals surface area contributed by atoms with E-state index in [-0.39, 0.29) is 43.7 Å². The number of ether oxygens (including phenoxy) is 2. The largest absolute Gasteiger partial charge is 0.497 e. The molecule has 2 aliphatic carbocycles. The van der Waals surface area contributed by atoms with Crippen molar-refractivity contribution in [1.29, 1.82) is 0 Å². The van der Waals surface area contributed by atoms with Crippen LogP contribution < -0.4 is 25.2 Å². The summed E-state index contributed by atoms with van der Waals surface area (Å²) in [6.07, 6.45) is 8.75. The normalized spacial score (nSPS) is 28.4. The van der Waals surface area contributed by atoms with E-state index in [9.17, 15) is 27.6 Å². The minimum Gasteiger partial charge on any atom is -0.497 e. The number of hydrogen-bond donors (Lipinski definition) is 3. The van der Waals surface area contributed by atoms with Crippen LogP contribution in [0.15, 0.2) is 66.7 Å². The highest BCUT2D eigenvalue weighted by Gasteiger charge is 2.62. The Morgan fingerprint density at radius 2 is 1.83 bits per heavy atom. The highest BCUT2D eigenvalue weighted by Crippen LogP contribution is 2.46. The number of nitrogens with zero attached hydrogens (tertiary/aromatic N) is 3. The predicted octanol–water partition coefficient (Wildman–Crippen LogP) is 3.83. The zero-order chi connectivity index (χ0) is 40.6. The second-order valence-electron chi connectivity index (χ2n) is 16.5. The molecular formula is C43H52N6O8S. The summed E-state index contributed by atoms with van der Waals surface area (Å²) in [6.45, 7) is 1.03. The van der Waals surface area contributed by atoms with Crippen molar-refractivity contribution < 1.29 is 37.1 Å². The molecule has 58 heavy (non-hydrogen) atoms. The third-order valence-electron chi connectivity index (χ3n) is 12.3. The van der Waals surface area contributed by atoms with E-state index < -0.39 is 56.6 Å². The highest BCUT2D eigenvalue weighted by molar-refractivity contribution is 7.91. The fraction of sp³-hybridized carbons (Fsp3) is 0.512. The Hall–Kier alpha value is -5.02. The maximum absolute atomic E-state index is 14.8. The number of carbonyl (C=O) groups is 4. The van der Waals surface area contributed by atoms with Crippen LogP contribution in [0, 0.1) is 11.8 Å². The van der Waals surface area contributed by atoms with Crippen molar-refractivity contribution in [1.82, 2.24) is 24.8 Å². The van der Waals surface area contributed by atoms with E-state index in [0.717, 1.165) is 24.8 Å². The van der Waals surface area contributed by atoms with Crippen LogP contribution in [0.2, 0.25) is 0 Å². The Balaban J connectivity index is 1.12. The van der Waals surface area contributed by atoms with Crippen molar-refractivity contribution in [2.75, 3.05) is 26.7 Å². The first-order valence-corrected chi connectivity index (χ1v) is 22.1. The third-order valence-corrected chi connectivity index (χ3v) is 14.1. The summed E-state index contributed by atoms with van der Waals surface area (Å²) < 4.78 is 40.4. The van der Waals surface area contributed by atoms with Gasteiger partial charge in [0.05, 0.1) is 30.1 Å². The van der Waals surface area contributed by atoms with Gasteiger partial charge in [-0.1, -0.05) is 55.3 Å². The van der Waals surface area contributed by atoms with Crippen LogP contribution in [0.25, 0.3) is 22.2 Å². The van der Waals surface area contributed by atoms with Gasteiger partial charge in [-0.15, -0.1) is 0 Å². The molecule has 4 heterocycles. The Bertz CT molecular complexity index is 2210. The van der Waals surface area contributed by atoms with Crippen molar-refractivity contribution in [2.45, 2.75) is 99.6 Å². The van der Waals surface area contributed by atoms with Gasteiger partial charge < -0.3 is 30.3 Å². The summed E-state index contributed by atoms with van der Waals surface area (Å²) in [5.74, 6) is -1.78. The molecule has 0 bridgehead atoms. The van der Waals surface area contributed by atoms with Gasteiger partial charge in [0, 0.05) is 66.9 Å². The lowest BCUT2D eigenvalue weighted by atomic mass is 9.94. The number of allylic oxidation sites excluding steroid dienone is 1. The number of hydrogen-bond acceptors (Lipinski definition) is 10. The molecule has 2 saturated heterocycles. The second-order valence-corrected chi connectivity index (χ2v) is 18.5. The van der Waals surface area contributed by atoms with Crippen LogP contribution in [0.1, 0.15) is 70.6 Å². The molecule has 14 nitrogen and oxygen atoms in total. The molecule has 3 aliphatic heterocycles. The minimum atomic E-state index is -3.89. The first-order chi connectivity index (χ1) is 27.9. The number of pyridine rings is 1. The smallest absolute Gasteiger partial charge is 0.259 e. The molecular weight excluding hydrogens is 761 g/mol. The number of amides is 4. The Morgan fingerprint density at radius 1 is 1.02 bits per heavy atom. The van der Waals surface area contributed by atoms with Crippen LogP contribution >= 0.6 is 0 Å². The minimum absolute atomic E-state index is 0.00742. The van der Waals surface area contributed by atoms with E-state index in [4.69, 9.17) is 20.2 Å². The maximum Gasteiger partial charge on any atom is 0.259 e. The van der Waals surface area contributed by atoms with E-state index in [0.29, 0.717) is 73.3 Å². The molecule has 5 aliphatic rings.